The molecular formula is C10H22. The molecule has 0 rings (SSSR count). The van der Waals surface area contributed by atoms with Gasteiger partial charge in [-0.05, 0) is 11.3 Å². The molecule has 0 fully saturated rings. The van der Waals surface area contributed by atoms with Gasteiger partial charge in [-0.15, -0.1) is 0 Å². The minimum atomic E-state index is 0.509. The predicted octanol–water partition coefficient (Wildman–Crippen LogP) is 3.86. The molecule has 0 aromatic carbocycles. The molecule has 0 N–H and O–H groups in total. The van der Waals surface area contributed by atoms with E-state index in [1.54, 1.807) is 0 Å². The SMILES string of the molecule is CCCCC(C)C(C)(C)C. The van der Waals surface area contributed by atoms with Gasteiger partial charge in [-0.25, -0.2) is 0 Å². The highest BCUT2D eigenvalue weighted by molar-refractivity contribution is 4.69. The van der Waals surface area contributed by atoms with Crippen molar-refractivity contribution in [1.82, 2.24) is 0 Å². The van der Waals surface area contributed by atoms with Crippen molar-refractivity contribution in [3.63, 3.8) is 0 Å². The van der Waals surface area contributed by atoms with E-state index in [0.29, 0.717) is 5.41 Å². The second-order valence-electron chi connectivity index (χ2n) is 4.41. The maximum absolute atomic E-state index is 2.36. The van der Waals surface area contributed by atoms with Gasteiger partial charge in [0.25, 0.3) is 0 Å². The lowest BCUT2D eigenvalue weighted by Gasteiger charge is -2.26. The van der Waals surface area contributed by atoms with E-state index in [1.165, 1.54) is 19.3 Å². The molecule has 0 aromatic heterocycles. The average Bonchev–Trinajstić information content (AvgIpc) is 1.80. The molecule has 0 aliphatic rings. The van der Waals surface area contributed by atoms with Gasteiger partial charge >= 0.3 is 0 Å². The molecule has 0 saturated carbocycles. The van der Waals surface area contributed by atoms with Gasteiger partial charge in [0, 0.05) is 0 Å². The van der Waals surface area contributed by atoms with Crippen LogP contribution in [0.5, 0.6) is 0 Å². The number of hydrogen-bond donors (Lipinski definition) is 0. The quantitative estimate of drug-likeness (QED) is 0.561. The Morgan fingerprint density at radius 1 is 1.20 bits per heavy atom. The Labute approximate surface area is 66.0 Å². The maximum Gasteiger partial charge on any atom is -0.0357 e. The van der Waals surface area contributed by atoms with Crippen molar-refractivity contribution >= 4 is 0 Å². The molecule has 0 heteroatoms. The summed E-state index contributed by atoms with van der Waals surface area (Å²) in [5.74, 6) is 0.868. The van der Waals surface area contributed by atoms with E-state index in [1.807, 2.05) is 0 Å². The third kappa shape index (κ3) is 3.92. The monoisotopic (exact) mass is 142 g/mol. The topological polar surface area (TPSA) is 0 Å². The van der Waals surface area contributed by atoms with Crippen LogP contribution < -0.4 is 0 Å². The van der Waals surface area contributed by atoms with Crippen molar-refractivity contribution < 1.29 is 0 Å². The molecular weight excluding hydrogens is 120 g/mol. The summed E-state index contributed by atoms with van der Waals surface area (Å²) in [4.78, 5) is 0. The Morgan fingerprint density at radius 2 is 1.70 bits per heavy atom. The Hall–Kier alpha value is 0. The van der Waals surface area contributed by atoms with Gasteiger partial charge in [0.1, 0.15) is 0 Å². The van der Waals surface area contributed by atoms with E-state index in [9.17, 15) is 0 Å². The van der Waals surface area contributed by atoms with Gasteiger partial charge in [0.2, 0.25) is 0 Å². The van der Waals surface area contributed by atoms with Crippen molar-refractivity contribution in [3.05, 3.63) is 0 Å². The summed E-state index contributed by atoms with van der Waals surface area (Å²) in [5, 5.41) is 0. The fourth-order valence-electron chi connectivity index (χ4n) is 0.943. The molecule has 0 aromatic rings. The molecule has 1 atom stereocenters. The molecule has 1 unspecified atom stereocenters. The van der Waals surface area contributed by atoms with Crippen molar-refractivity contribution in [1.29, 1.82) is 0 Å². The van der Waals surface area contributed by atoms with Crippen molar-refractivity contribution in [3.8, 4) is 0 Å². The molecule has 0 saturated heterocycles. The number of rotatable bonds is 3. The van der Waals surface area contributed by atoms with Crippen molar-refractivity contribution in [2.45, 2.75) is 53.9 Å². The fourth-order valence-corrected chi connectivity index (χ4v) is 0.943. The first-order chi connectivity index (χ1) is 4.48. The summed E-state index contributed by atoms with van der Waals surface area (Å²) in [6.45, 7) is 11.6. The zero-order valence-electron chi connectivity index (χ0n) is 8.20. The van der Waals surface area contributed by atoms with Gasteiger partial charge in [0.15, 0.2) is 0 Å². The Balaban J connectivity index is 3.52. The van der Waals surface area contributed by atoms with Crippen LogP contribution in [0.4, 0.5) is 0 Å². The summed E-state index contributed by atoms with van der Waals surface area (Å²) in [6.07, 6.45) is 4.11. The van der Waals surface area contributed by atoms with E-state index in [2.05, 4.69) is 34.6 Å². The molecule has 10 heavy (non-hydrogen) atoms. The van der Waals surface area contributed by atoms with E-state index in [4.69, 9.17) is 0 Å². The van der Waals surface area contributed by atoms with Crippen LogP contribution in [0.25, 0.3) is 0 Å². The lowest BCUT2D eigenvalue weighted by Crippen LogP contribution is -2.16. The second kappa shape index (κ2) is 4.00. The summed E-state index contributed by atoms with van der Waals surface area (Å²) in [5.41, 5.74) is 0.509. The first-order valence-electron chi connectivity index (χ1n) is 4.48. The van der Waals surface area contributed by atoms with Crippen molar-refractivity contribution in [2.24, 2.45) is 11.3 Å². The average molecular weight is 142 g/mol. The minimum Gasteiger partial charge on any atom is -0.0654 e. The van der Waals surface area contributed by atoms with E-state index in [0.717, 1.165) is 5.92 Å². The van der Waals surface area contributed by atoms with Crippen LogP contribution in [0.2, 0.25) is 0 Å². The molecule has 0 aliphatic carbocycles. The van der Waals surface area contributed by atoms with Gasteiger partial charge in [-0.3, -0.25) is 0 Å². The summed E-state index contributed by atoms with van der Waals surface area (Å²) in [7, 11) is 0. The lowest BCUT2D eigenvalue weighted by atomic mass is 9.79. The van der Waals surface area contributed by atoms with Crippen LogP contribution in [0.3, 0.4) is 0 Å². The van der Waals surface area contributed by atoms with Crippen LogP contribution in [0.15, 0.2) is 0 Å². The maximum atomic E-state index is 2.36. The zero-order chi connectivity index (χ0) is 8.20. The molecule has 0 spiro atoms. The fraction of sp³-hybridized carbons (Fsp3) is 1.00. The highest BCUT2D eigenvalue weighted by Gasteiger charge is 2.18. The molecule has 0 amide bonds. The standard InChI is InChI=1S/C10H22/c1-6-7-8-9(2)10(3,4)5/h9H,6-8H2,1-5H3. The number of hydrogen-bond acceptors (Lipinski definition) is 0. The van der Waals surface area contributed by atoms with E-state index >= 15 is 0 Å². The van der Waals surface area contributed by atoms with Crippen LogP contribution in [0, 0.1) is 11.3 Å². The van der Waals surface area contributed by atoms with Crippen LogP contribution >= 0.6 is 0 Å². The third-order valence-electron chi connectivity index (χ3n) is 2.47. The van der Waals surface area contributed by atoms with E-state index in [-0.39, 0.29) is 0 Å². The van der Waals surface area contributed by atoms with Gasteiger partial charge < -0.3 is 0 Å². The van der Waals surface area contributed by atoms with Crippen molar-refractivity contribution in [2.75, 3.05) is 0 Å². The molecule has 0 aliphatic heterocycles. The largest absolute Gasteiger partial charge is 0.0654 e. The Morgan fingerprint density at radius 3 is 2.00 bits per heavy atom. The zero-order valence-corrected chi connectivity index (χ0v) is 8.20. The lowest BCUT2D eigenvalue weighted by molar-refractivity contribution is 0.242. The summed E-state index contributed by atoms with van der Waals surface area (Å²) < 4.78 is 0. The van der Waals surface area contributed by atoms with Crippen LogP contribution in [0.1, 0.15) is 53.9 Å². The minimum absolute atomic E-state index is 0.509. The second-order valence-corrected chi connectivity index (χ2v) is 4.41. The summed E-state index contributed by atoms with van der Waals surface area (Å²) >= 11 is 0. The predicted molar refractivity (Wildman–Crippen MR) is 48.1 cm³/mol. The summed E-state index contributed by atoms with van der Waals surface area (Å²) in [6, 6.07) is 0. The highest BCUT2D eigenvalue weighted by Crippen LogP contribution is 2.29. The Kier molecular flexibility index (Phi) is 4.00. The molecule has 0 nitrogen and oxygen atoms in total. The van der Waals surface area contributed by atoms with Gasteiger partial charge in [-0.1, -0.05) is 53.9 Å². The highest BCUT2D eigenvalue weighted by atomic mass is 14.2. The molecule has 0 radical (unpaired) electrons. The van der Waals surface area contributed by atoms with Crippen LogP contribution in [-0.4, -0.2) is 0 Å². The van der Waals surface area contributed by atoms with Gasteiger partial charge in [-0.2, -0.15) is 0 Å². The first-order valence-corrected chi connectivity index (χ1v) is 4.48. The third-order valence-corrected chi connectivity index (χ3v) is 2.47. The van der Waals surface area contributed by atoms with E-state index < -0.39 is 0 Å². The normalized spacial score (nSPS) is 15.3. The molecule has 0 heterocycles. The molecule has 0 bridgehead atoms. The smallest absolute Gasteiger partial charge is 0.0357 e. The Bertz CT molecular complexity index is 76.5. The number of unbranched alkanes of at least 4 members (excludes halogenated alkanes) is 1. The van der Waals surface area contributed by atoms with Gasteiger partial charge in [0.05, 0.1) is 0 Å². The van der Waals surface area contributed by atoms with Crippen LogP contribution in [-0.2, 0) is 0 Å². The first kappa shape index (κ1) is 10.0. The molecule has 62 valence electrons.